The molecule has 1 aromatic rings. The highest BCUT2D eigenvalue weighted by Gasteiger charge is 2.42. The van der Waals surface area contributed by atoms with Gasteiger partial charge in [-0.25, -0.2) is 13.2 Å². The lowest BCUT2D eigenvalue weighted by Crippen LogP contribution is -2.15. The van der Waals surface area contributed by atoms with Crippen molar-refractivity contribution >= 4 is 0 Å². The molecule has 0 aliphatic heterocycles. The number of benzene rings is 1. The largest absolute Gasteiger partial charge is 0.494 e. The van der Waals surface area contributed by atoms with Gasteiger partial charge in [0.1, 0.15) is 0 Å². The number of rotatable bonds is 3. The highest BCUT2D eigenvalue weighted by molar-refractivity contribution is 5.35. The van der Waals surface area contributed by atoms with E-state index in [2.05, 4.69) is 4.74 Å². The Hall–Kier alpha value is -1.23. The molecule has 0 unspecified atom stereocenters. The smallest absolute Gasteiger partial charge is 0.171 e. The molecule has 5 heteroatoms. The van der Waals surface area contributed by atoms with E-state index >= 15 is 0 Å². The minimum absolute atomic E-state index is 0.223. The number of hydrogen-bond donors (Lipinski definition) is 1. The second-order valence-electron chi connectivity index (χ2n) is 4.07. The van der Waals surface area contributed by atoms with Gasteiger partial charge in [-0.05, 0) is 12.8 Å². The molecule has 0 amide bonds. The number of ether oxygens (including phenoxy) is 1. The van der Waals surface area contributed by atoms with Gasteiger partial charge in [-0.15, -0.1) is 0 Å². The molecule has 1 N–H and O–H groups in total. The van der Waals surface area contributed by atoms with Crippen LogP contribution in [0.4, 0.5) is 13.2 Å². The number of hydrogen-bond acceptors (Lipinski definition) is 2. The molecule has 88 valence electrons. The zero-order valence-corrected chi connectivity index (χ0v) is 8.69. The van der Waals surface area contributed by atoms with Crippen LogP contribution in [0.5, 0.6) is 5.75 Å². The van der Waals surface area contributed by atoms with E-state index in [9.17, 15) is 18.3 Å². The molecule has 0 atom stereocenters. The summed E-state index contributed by atoms with van der Waals surface area (Å²) in [5.74, 6) is -3.71. The summed E-state index contributed by atoms with van der Waals surface area (Å²) in [6.07, 6.45) is 0.730. The van der Waals surface area contributed by atoms with Gasteiger partial charge in [0.15, 0.2) is 23.2 Å². The fourth-order valence-corrected chi connectivity index (χ4v) is 1.58. The molecule has 1 aromatic carbocycles. The minimum Gasteiger partial charge on any atom is -0.494 e. The Kier molecular flexibility index (Phi) is 2.58. The summed E-state index contributed by atoms with van der Waals surface area (Å²) in [6.45, 7) is 0. The minimum atomic E-state index is -1.25. The molecule has 2 rings (SSSR count). The third-order valence-corrected chi connectivity index (χ3v) is 2.77. The normalized spacial score (nSPS) is 17.3. The van der Waals surface area contributed by atoms with Crippen molar-refractivity contribution in [1.82, 2.24) is 0 Å². The molecule has 2 nitrogen and oxygen atoms in total. The highest BCUT2D eigenvalue weighted by atomic mass is 19.2. The van der Waals surface area contributed by atoms with Crippen LogP contribution in [0, 0.1) is 17.5 Å². The van der Waals surface area contributed by atoms with Gasteiger partial charge >= 0.3 is 0 Å². The van der Waals surface area contributed by atoms with Gasteiger partial charge in [0.25, 0.3) is 0 Å². The van der Waals surface area contributed by atoms with Crippen LogP contribution in [0.2, 0.25) is 0 Å². The third kappa shape index (κ3) is 1.87. The fourth-order valence-electron chi connectivity index (χ4n) is 1.58. The lowest BCUT2D eigenvalue weighted by atomic mass is 10.0. The van der Waals surface area contributed by atoms with Gasteiger partial charge < -0.3 is 9.84 Å². The van der Waals surface area contributed by atoms with Crippen LogP contribution in [0.3, 0.4) is 0 Å². The SMILES string of the molecule is COc1cc(F)c(F)c(CC2(O)CC2)c1F. The summed E-state index contributed by atoms with van der Waals surface area (Å²) in [5, 5.41) is 9.59. The Morgan fingerprint density at radius 1 is 1.31 bits per heavy atom. The molecule has 0 saturated heterocycles. The molecule has 0 aromatic heterocycles. The molecule has 1 saturated carbocycles. The van der Waals surface area contributed by atoms with E-state index < -0.39 is 28.6 Å². The van der Waals surface area contributed by atoms with Crippen LogP contribution < -0.4 is 4.74 Å². The van der Waals surface area contributed by atoms with E-state index in [0.29, 0.717) is 18.9 Å². The van der Waals surface area contributed by atoms with Crippen molar-refractivity contribution in [3.8, 4) is 5.75 Å². The first-order chi connectivity index (χ1) is 7.47. The van der Waals surface area contributed by atoms with Crippen molar-refractivity contribution < 1.29 is 23.0 Å². The fraction of sp³-hybridized carbons (Fsp3) is 0.455. The molecule has 1 fully saturated rings. The second-order valence-corrected chi connectivity index (χ2v) is 4.07. The van der Waals surface area contributed by atoms with Crippen molar-refractivity contribution in [2.24, 2.45) is 0 Å². The van der Waals surface area contributed by atoms with Crippen molar-refractivity contribution in [3.63, 3.8) is 0 Å². The van der Waals surface area contributed by atoms with Crippen molar-refractivity contribution in [1.29, 1.82) is 0 Å². The van der Waals surface area contributed by atoms with Gasteiger partial charge in [0, 0.05) is 18.1 Å². The Bertz CT molecular complexity index is 428. The molecule has 0 radical (unpaired) electrons. The van der Waals surface area contributed by atoms with Crippen molar-refractivity contribution in [2.75, 3.05) is 7.11 Å². The molecule has 0 heterocycles. The second kappa shape index (κ2) is 3.66. The summed E-state index contributed by atoms with van der Waals surface area (Å²) in [5.41, 5.74) is -1.53. The summed E-state index contributed by atoms with van der Waals surface area (Å²) >= 11 is 0. The van der Waals surface area contributed by atoms with Gasteiger partial charge in [-0.1, -0.05) is 0 Å². The first-order valence-electron chi connectivity index (χ1n) is 4.89. The van der Waals surface area contributed by atoms with Gasteiger partial charge in [0.05, 0.1) is 12.7 Å². The van der Waals surface area contributed by atoms with E-state index in [-0.39, 0.29) is 12.2 Å². The predicted octanol–water partition coefficient (Wildman–Crippen LogP) is 2.18. The topological polar surface area (TPSA) is 29.5 Å². The molecule has 0 spiro atoms. The molecule has 0 bridgehead atoms. The summed E-state index contributed by atoms with van der Waals surface area (Å²) in [7, 11) is 1.17. The molecule has 1 aliphatic rings. The standard InChI is InChI=1S/C11H11F3O2/c1-16-8-4-7(12)9(13)6(10(8)14)5-11(15)2-3-11/h4,15H,2-3,5H2,1H3. The lowest BCUT2D eigenvalue weighted by molar-refractivity contribution is 0.147. The molecular weight excluding hydrogens is 221 g/mol. The van der Waals surface area contributed by atoms with Gasteiger partial charge in [-0.2, -0.15) is 0 Å². The van der Waals surface area contributed by atoms with E-state index in [1.165, 1.54) is 7.11 Å². The molecular formula is C11H11F3O2. The molecule has 16 heavy (non-hydrogen) atoms. The first kappa shape index (κ1) is 11.3. The Labute approximate surface area is 90.7 Å². The summed E-state index contributed by atoms with van der Waals surface area (Å²) in [4.78, 5) is 0. The predicted molar refractivity (Wildman–Crippen MR) is 50.8 cm³/mol. The monoisotopic (exact) mass is 232 g/mol. The molecule has 1 aliphatic carbocycles. The average Bonchev–Trinajstić information content (AvgIpc) is 2.97. The average molecular weight is 232 g/mol. The van der Waals surface area contributed by atoms with E-state index in [0.717, 1.165) is 0 Å². The first-order valence-corrected chi connectivity index (χ1v) is 4.89. The van der Waals surface area contributed by atoms with Crippen LogP contribution >= 0.6 is 0 Å². The van der Waals surface area contributed by atoms with Crippen molar-refractivity contribution in [3.05, 3.63) is 29.1 Å². The zero-order valence-electron chi connectivity index (χ0n) is 8.69. The Morgan fingerprint density at radius 2 is 1.94 bits per heavy atom. The number of methoxy groups -OCH3 is 1. The van der Waals surface area contributed by atoms with Crippen LogP contribution in [-0.2, 0) is 6.42 Å². The summed E-state index contributed by atoms with van der Waals surface area (Å²) < 4.78 is 44.7. The maximum absolute atomic E-state index is 13.6. The van der Waals surface area contributed by atoms with E-state index in [4.69, 9.17) is 0 Å². The van der Waals surface area contributed by atoms with E-state index in [1.54, 1.807) is 0 Å². The Morgan fingerprint density at radius 3 is 2.44 bits per heavy atom. The number of halogens is 3. The summed E-state index contributed by atoms with van der Waals surface area (Å²) in [6, 6.07) is 0.658. The van der Waals surface area contributed by atoms with E-state index in [1.807, 2.05) is 0 Å². The van der Waals surface area contributed by atoms with Crippen LogP contribution in [0.1, 0.15) is 18.4 Å². The van der Waals surface area contributed by atoms with Crippen LogP contribution in [0.15, 0.2) is 6.07 Å². The lowest BCUT2D eigenvalue weighted by Gasteiger charge is -2.12. The van der Waals surface area contributed by atoms with Crippen LogP contribution in [0.25, 0.3) is 0 Å². The highest BCUT2D eigenvalue weighted by Crippen LogP contribution is 2.40. The quantitative estimate of drug-likeness (QED) is 0.809. The third-order valence-electron chi connectivity index (χ3n) is 2.77. The number of aliphatic hydroxyl groups is 1. The Balaban J connectivity index is 2.44. The van der Waals surface area contributed by atoms with Crippen LogP contribution in [-0.4, -0.2) is 17.8 Å². The van der Waals surface area contributed by atoms with Gasteiger partial charge in [0.2, 0.25) is 0 Å². The maximum Gasteiger partial charge on any atom is 0.171 e. The van der Waals surface area contributed by atoms with Crippen molar-refractivity contribution in [2.45, 2.75) is 24.9 Å². The van der Waals surface area contributed by atoms with Gasteiger partial charge in [-0.3, -0.25) is 0 Å². The maximum atomic E-state index is 13.6. The zero-order chi connectivity index (χ0) is 11.9.